The minimum Gasteiger partial charge on any atom is -0.351 e. The topological polar surface area (TPSA) is 76.0 Å². The molecular weight excluding hydrogens is 366 g/mol. The zero-order valence-electron chi connectivity index (χ0n) is 14.9. The van der Waals surface area contributed by atoms with Crippen molar-refractivity contribution in [3.63, 3.8) is 0 Å². The lowest BCUT2D eigenvalue weighted by Crippen LogP contribution is -2.28. The summed E-state index contributed by atoms with van der Waals surface area (Å²) < 4.78 is 28.2. The van der Waals surface area contributed by atoms with E-state index in [1.807, 2.05) is 24.4 Å². The first-order valence-electron chi connectivity index (χ1n) is 8.61. The van der Waals surface area contributed by atoms with Gasteiger partial charge in [0, 0.05) is 37.1 Å². The summed E-state index contributed by atoms with van der Waals surface area (Å²) in [5, 5.41) is 9.40. The van der Waals surface area contributed by atoms with Gasteiger partial charge in [0.15, 0.2) is 0 Å². The summed E-state index contributed by atoms with van der Waals surface area (Å²) in [6, 6.07) is 11.9. The molecule has 0 saturated carbocycles. The molecule has 0 bridgehead atoms. The standard InChI is InChI=1S/C20H18F2N4O2/c21-15-6-7-16(17(22)12-15)20(28)23-10-8-19(27)25-18-5-2-1-4-14(18)13-26-11-3-9-24-26/h1-7,9,11-12H,8,10,13H2,(H,23,28)(H,25,27). The lowest BCUT2D eigenvalue weighted by Gasteiger charge is -2.12. The zero-order chi connectivity index (χ0) is 19.9. The lowest BCUT2D eigenvalue weighted by atomic mass is 10.1. The van der Waals surface area contributed by atoms with Crippen molar-refractivity contribution in [1.82, 2.24) is 15.1 Å². The van der Waals surface area contributed by atoms with Gasteiger partial charge in [-0.3, -0.25) is 14.3 Å². The van der Waals surface area contributed by atoms with Crippen molar-refractivity contribution in [2.24, 2.45) is 0 Å². The number of nitrogens with one attached hydrogen (secondary N) is 2. The average Bonchev–Trinajstić information content (AvgIpc) is 3.16. The van der Waals surface area contributed by atoms with Gasteiger partial charge in [0.05, 0.1) is 12.1 Å². The van der Waals surface area contributed by atoms with Gasteiger partial charge in [-0.1, -0.05) is 18.2 Å². The number of anilines is 1. The predicted octanol–water partition coefficient (Wildman–Crippen LogP) is 2.97. The summed E-state index contributed by atoms with van der Waals surface area (Å²) in [7, 11) is 0. The van der Waals surface area contributed by atoms with Crippen LogP contribution in [-0.4, -0.2) is 28.1 Å². The number of para-hydroxylation sites is 1. The van der Waals surface area contributed by atoms with Gasteiger partial charge < -0.3 is 10.6 Å². The van der Waals surface area contributed by atoms with Gasteiger partial charge >= 0.3 is 0 Å². The molecular formula is C20H18F2N4O2. The minimum absolute atomic E-state index is 0.00462. The molecule has 3 rings (SSSR count). The number of nitrogens with zero attached hydrogens (tertiary/aromatic N) is 2. The third-order valence-electron chi connectivity index (χ3n) is 4.00. The monoisotopic (exact) mass is 384 g/mol. The molecule has 0 aliphatic rings. The van der Waals surface area contributed by atoms with Crippen LogP contribution in [0.5, 0.6) is 0 Å². The van der Waals surface area contributed by atoms with Gasteiger partial charge in [0.2, 0.25) is 5.91 Å². The molecule has 0 aliphatic carbocycles. The second kappa shape index (κ2) is 8.90. The third-order valence-corrected chi connectivity index (χ3v) is 4.00. The van der Waals surface area contributed by atoms with Crippen molar-refractivity contribution in [3.8, 4) is 0 Å². The summed E-state index contributed by atoms with van der Waals surface area (Å²) in [4.78, 5) is 24.1. The van der Waals surface area contributed by atoms with E-state index >= 15 is 0 Å². The molecule has 6 nitrogen and oxygen atoms in total. The quantitative estimate of drug-likeness (QED) is 0.658. The number of aromatic nitrogens is 2. The first-order valence-corrected chi connectivity index (χ1v) is 8.61. The van der Waals surface area contributed by atoms with E-state index in [9.17, 15) is 18.4 Å². The lowest BCUT2D eigenvalue weighted by molar-refractivity contribution is -0.116. The van der Waals surface area contributed by atoms with Crippen molar-refractivity contribution >= 4 is 17.5 Å². The molecule has 2 aromatic carbocycles. The Morgan fingerprint density at radius 1 is 1.07 bits per heavy atom. The van der Waals surface area contributed by atoms with Gasteiger partial charge in [-0.2, -0.15) is 5.10 Å². The van der Waals surface area contributed by atoms with Crippen LogP contribution in [0.4, 0.5) is 14.5 Å². The van der Waals surface area contributed by atoms with E-state index in [1.54, 1.807) is 23.0 Å². The molecule has 0 spiro atoms. The zero-order valence-corrected chi connectivity index (χ0v) is 14.9. The number of hydrogen-bond donors (Lipinski definition) is 2. The molecule has 0 unspecified atom stereocenters. The Morgan fingerprint density at radius 3 is 2.64 bits per heavy atom. The maximum atomic E-state index is 13.6. The van der Waals surface area contributed by atoms with Crippen LogP contribution in [0.15, 0.2) is 60.9 Å². The third kappa shape index (κ3) is 5.00. The first kappa shape index (κ1) is 19.2. The number of amides is 2. The molecule has 8 heteroatoms. The Balaban J connectivity index is 1.53. The maximum absolute atomic E-state index is 13.6. The Kier molecular flexibility index (Phi) is 6.11. The normalized spacial score (nSPS) is 10.5. The molecule has 0 fully saturated rings. The van der Waals surface area contributed by atoms with E-state index in [2.05, 4.69) is 15.7 Å². The number of benzene rings is 2. The van der Waals surface area contributed by atoms with E-state index in [4.69, 9.17) is 0 Å². The van der Waals surface area contributed by atoms with E-state index in [0.717, 1.165) is 17.7 Å². The van der Waals surface area contributed by atoms with Crippen molar-refractivity contribution in [1.29, 1.82) is 0 Å². The highest BCUT2D eigenvalue weighted by molar-refractivity contribution is 5.95. The van der Waals surface area contributed by atoms with Crippen molar-refractivity contribution in [2.75, 3.05) is 11.9 Å². The highest BCUT2D eigenvalue weighted by atomic mass is 19.1. The fraction of sp³-hybridized carbons (Fsp3) is 0.150. The summed E-state index contributed by atoms with van der Waals surface area (Å²) >= 11 is 0. The molecule has 0 aliphatic heterocycles. The van der Waals surface area contributed by atoms with Gasteiger partial charge in [0.1, 0.15) is 11.6 Å². The van der Waals surface area contributed by atoms with Gasteiger partial charge in [-0.25, -0.2) is 8.78 Å². The molecule has 144 valence electrons. The SMILES string of the molecule is O=C(CCNC(=O)c1ccc(F)cc1F)Nc1ccccc1Cn1cccn1. The van der Waals surface area contributed by atoms with Crippen LogP contribution in [0.1, 0.15) is 22.3 Å². The van der Waals surface area contributed by atoms with Gasteiger partial charge in [0.25, 0.3) is 5.91 Å². The molecule has 0 atom stereocenters. The van der Waals surface area contributed by atoms with Gasteiger partial charge in [-0.05, 0) is 29.8 Å². The van der Waals surface area contributed by atoms with E-state index in [0.29, 0.717) is 18.3 Å². The smallest absolute Gasteiger partial charge is 0.254 e. The molecule has 2 N–H and O–H groups in total. The van der Waals surface area contributed by atoms with Crippen LogP contribution in [0, 0.1) is 11.6 Å². The van der Waals surface area contributed by atoms with Crippen molar-refractivity contribution in [3.05, 3.63) is 83.7 Å². The largest absolute Gasteiger partial charge is 0.351 e. The fourth-order valence-corrected chi connectivity index (χ4v) is 2.62. The fourth-order valence-electron chi connectivity index (χ4n) is 2.62. The molecule has 2 amide bonds. The molecule has 0 saturated heterocycles. The van der Waals surface area contributed by atoms with Crippen LogP contribution >= 0.6 is 0 Å². The maximum Gasteiger partial charge on any atom is 0.254 e. The van der Waals surface area contributed by atoms with Crippen molar-refractivity contribution < 1.29 is 18.4 Å². The highest BCUT2D eigenvalue weighted by Crippen LogP contribution is 2.16. The summed E-state index contributed by atoms with van der Waals surface area (Å²) in [6.07, 6.45) is 3.50. The number of carbonyl (C=O) groups excluding carboxylic acids is 2. The van der Waals surface area contributed by atoms with Crippen LogP contribution in [0.2, 0.25) is 0 Å². The van der Waals surface area contributed by atoms with E-state index in [-0.39, 0.29) is 24.4 Å². The minimum atomic E-state index is -0.950. The Hall–Kier alpha value is -3.55. The number of rotatable bonds is 7. The predicted molar refractivity (Wildman–Crippen MR) is 99.7 cm³/mol. The van der Waals surface area contributed by atoms with Crippen molar-refractivity contribution in [2.45, 2.75) is 13.0 Å². The van der Waals surface area contributed by atoms with Gasteiger partial charge in [-0.15, -0.1) is 0 Å². The van der Waals surface area contributed by atoms with E-state index < -0.39 is 17.5 Å². The van der Waals surface area contributed by atoms with Crippen LogP contribution in [0.3, 0.4) is 0 Å². The summed E-state index contributed by atoms with van der Waals surface area (Å²) in [5.74, 6) is -2.71. The second-order valence-corrected chi connectivity index (χ2v) is 6.04. The first-order chi connectivity index (χ1) is 13.5. The number of halogens is 2. The molecule has 1 heterocycles. The molecule has 28 heavy (non-hydrogen) atoms. The van der Waals surface area contributed by atoms with Crippen LogP contribution < -0.4 is 10.6 Å². The summed E-state index contributed by atoms with van der Waals surface area (Å²) in [6.45, 7) is 0.521. The Bertz CT molecular complexity index is 974. The second-order valence-electron chi connectivity index (χ2n) is 6.04. The van der Waals surface area contributed by atoms with Crippen LogP contribution in [0.25, 0.3) is 0 Å². The Labute approximate surface area is 160 Å². The molecule has 0 radical (unpaired) electrons. The van der Waals surface area contributed by atoms with Crippen LogP contribution in [-0.2, 0) is 11.3 Å². The Morgan fingerprint density at radius 2 is 1.89 bits per heavy atom. The molecule has 1 aromatic heterocycles. The molecule has 3 aromatic rings. The summed E-state index contributed by atoms with van der Waals surface area (Å²) in [5.41, 5.74) is 1.27. The number of carbonyl (C=O) groups is 2. The average molecular weight is 384 g/mol. The van der Waals surface area contributed by atoms with E-state index in [1.165, 1.54) is 0 Å². The number of hydrogen-bond acceptors (Lipinski definition) is 3. The highest BCUT2D eigenvalue weighted by Gasteiger charge is 2.13.